The van der Waals surface area contributed by atoms with Crippen molar-refractivity contribution in [2.24, 2.45) is 11.8 Å². The number of fused-ring (bicyclic) bond motifs is 2. The number of amides is 3. The van der Waals surface area contributed by atoms with Crippen molar-refractivity contribution >= 4 is 17.7 Å². The molecule has 0 bridgehead atoms. The van der Waals surface area contributed by atoms with Crippen molar-refractivity contribution in [1.82, 2.24) is 10.2 Å². The van der Waals surface area contributed by atoms with Crippen LogP contribution >= 0.6 is 0 Å². The summed E-state index contributed by atoms with van der Waals surface area (Å²) in [5.41, 5.74) is 0.871. The number of imide groups is 1. The standard InChI is InChI=1S/C19H22N2O5/c22-17(11-21-18(23)13-3-1-2-4-14(13)19(21)24)20-10-12-5-6-15-16(9-12)26-8-7-25-15/h5-6,9,13-14H,1-4,7-8,10-11H2,(H,20,22)/t13-,14-/m1/s1. The van der Waals surface area contributed by atoms with Crippen LogP contribution in [-0.4, -0.2) is 42.4 Å². The second-order valence-electron chi connectivity index (χ2n) is 7.01. The molecule has 2 atom stereocenters. The van der Waals surface area contributed by atoms with Crippen molar-refractivity contribution in [2.45, 2.75) is 32.2 Å². The number of hydrogen-bond acceptors (Lipinski definition) is 5. The zero-order chi connectivity index (χ0) is 18.1. The maximum absolute atomic E-state index is 12.4. The van der Waals surface area contributed by atoms with Crippen LogP contribution in [0.2, 0.25) is 0 Å². The van der Waals surface area contributed by atoms with Crippen LogP contribution in [0.25, 0.3) is 0 Å². The smallest absolute Gasteiger partial charge is 0.240 e. The molecule has 3 aliphatic rings. The fourth-order valence-electron chi connectivity index (χ4n) is 3.98. The summed E-state index contributed by atoms with van der Waals surface area (Å²) >= 11 is 0. The SMILES string of the molecule is O=C(CN1C(=O)[C@@H]2CCCC[C@H]2C1=O)NCc1ccc2c(c1)OCCO2. The number of nitrogens with zero attached hydrogens (tertiary/aromatic N) is 1. The van der Waals surface area contributed by atoms with Crippen molar-refractivity contribution in [3.05, 3.63) is 23.8 Å². The molecular formula is C19H22N2O5. The first-order valence-electron chi connectivity index (χ1n) is 9.14. The van der Waals surface area contributed by atoms with E-state index in [2.05, 4.69) is 5.32 Å². The molecule has 7 heteroatoms. The Morgan fingerprint density at radius 3 is 2.38 bits per heavy atom. The molecule has 0 aromatic heterocycles. The average molecular weight is 358 g/mol. The summed E-state index contributed by atoms with van der Waals surface area (Å²) in [5.74, 6) is 0.214. The highest BCUT2D eigenvalue weighted by Crippen LogP contribution is 2.37. The van der Waals surface area contributed by atoms with Gasteiger partial charge in [0.2, 0.25) is 17.7 Å². The van der Waals surface area contributed by atoms with Gasteiger partial charge >= 0.3 is 0 Å². The number of nitrogens with one attached hydrogen (secondary N) is 1. The predicted molar refractivity (Wildman–Crippen MR) is 91.4 cm³/mol. The Hall–Kier alpha value is -2.57. The maximum Gasteiger partial charge on any atom is 0.240 e. The first kappa shape index (κ1) is 16.9. The molecule has 2 fully saturated rings. The van der Waals surface area contributed by atoms with Gasteiger partial charge < -0.3 is 14.8 Å². The minimum absolute atomic E-state index is 0.186. The van der Waals surface area contributed by atoms with E-state index >= 15 is 0 Å². The number of hydrogen-bond donors (Lipinski definition) is 1. The molecule has 3 amide bonds. The lowest BCUT2D eigenvalue weighted by molar-refractivity contribution is -0.143. The van der Waals surface area contributed by atoms with Crippen molar-refractivity contribution in [1.29, 1.82) is 0 Å². The molecule has 1 aromatic rings. The van der Waals surface area contributed by atoms with Crippen LogP contribution in [0.5, 0.6) is 11.5 Å². The lowest BCUT2D eigenvalue weighted by Gasteiger charge is -2.19. The third-order valence-electron chi connectivity index (χ3n) is 5.33. The Morgan fingerprint density at radius 2 is 1.69 bits per heavy atom. The highest BCUT2D eigenvalue weighted by atomic mass is 16.6. The quantitative estimate of drug-likeness (QED) is 0.819. The topological polar surface area (TPSA) is 84.9 Å². The molecule has 2 heterocycles. The van der Waals surface area contributed by atoms with E-state index in [0.717, 1.165) is 36.1 Å². The number of carbonyl (C=O) groups excluding carboxylic acids is 3. The van der Waals surface area contributed by atoms with Crippen LogP contribution in [0.15, 0.2) is 18.2 Å². The molecule has 138 valence electrons. The monoisotopic (exact) mass is 358 g/mol. The molecule has 26 heavy (non-hydrogen) atoms. The van der Waals surface area contributed by atoms with E-state index in [1.165, 1.54) is 0 Å². The van der Waals surface area contributed by atoms with Crippen LogP contribution < -0.4 is 14.8 Å². The number of ether oxygens (including phenoxy) is 2. The van der Waals surface area contributed by atoms with E-state index < -0.39 is 0 Å². The highest BCUT2D eigenvalue weighted by Gasteiger charge is 2.48. The minimum Gasteiger partial charge on any atom is -0.486 e. The van der Waals surface area contributed by atoms with Crippen molar-refractivity contribution in [2.75, 3.05) is 19.8 Å². The Bertz CT molecular complexity index is 723. The molecule has 1 saturated heterocycles. The summed E-state index contributed by atoms with van der Waals surface area (Å²) in [6.45, 7) is 1.14. The second-order valence-corrected chi connectivity index (χ2v) is 7.01. The van der Waals surface area contributed by atoms with Gasteiger partial charge in [-0.3, -0.25) is 19.3 Å². The Balaban J connectivity index is 1.34. The van der Waals surface area contributed by atoms with Gasteiger partial charge in [-0.1, -0.05) is 18.9 Å². The minimum atomic E-state index is -0.333. The van der Waals surface area contributed by atoms with Crippen molar-refractivity contribution in [3.8, 4) is 11.5 Å². The summed E-state index contributed by atoms with van der Waals surface area (Å²) in [5, 5.41) is 2.77. The molecule has 1 N–H and O–H groups in total. The average Bonchev–Trinajstić information content (AvgIpc) is 2.91. The third kappa shape index (κ3) is 3.13. The lowest BCUT2D eigenvalue weighted by atomic mass is 9.81. The normalized spacial score (nSPS) is 24.4. The molecule has 0 unspecified atom stereocenters. The van der Waals surface area contributed by atoms with Crippen molar-refractivity contribution in [3.63, 3.8) is 0 Å². The molecule has 4 rings (SSSR count). The number of carbonyl (C=O) groups is 3. The summed E-state index contributed by atoms with van der Waals surface area (Å²) in [6.07, 6.45) is 3.46. The molecule has 0 spiro atoms. The summed E-state index contributed by atoms with van der Waals surface area (Å²) in [4.78, 5) is 38.2. The van der Waals surface area contributed by atoms with Gasteiger partial charge in [-0.05, 0) is 30.5 Å². The van der Waals surface area contributed by atoms with E-state index in [1.54, 1.807) is 0 Å². The molecular weight excluding hydrogens is 336 g/mol. The number of rotatable bonds is 4. The Kier molecular flexibility index (Phi) is 4.53. The van der Waals surface area contributed by atoms with Gasteiger partial charge in [0.1, 0.15) is 19.8 Å². The fraction of sp³-hybridized carbons (Fsp3) is 0.526. The van der Waals surface area contributed by atoms with Gasteiger partial charge in [0, 0.05) is 6.54 Å². The molecule has 1 aromatic carbocycles. The Morgan fingerprint density at radius 1 is 1.04 bits per heavy atom. The van der Waals surface area contributed by atoms with Crippen molar-refractivity contribution < 1.29 is 23.9 Å². The lowest BCUT2D eigenvalue weighted by Crippen LogP contribution is -2.40. The second kappa shape index (κ2) is 6.97. The van der Waals surface area contributed by atoms with E-state index in [1.807, 2.05) is 18.2 Å². The largest absolute Gasteiger partial charge is 0.486 e. The first-order valence-corrected chi connectivity index (χ1v) is 9.14. The van der Waals surface area contributed by atoms with Gasteiger partial charge in [-0.2, -0.15) is 0 Å². The summed E-state index contributed by atoms with van der Waals surface area (Å²) < 4.78 is 11.0. The van der Waals surface area contributed by atoms with Gasteiger partial charge in [0.15, 0.2) is 11.5 Å². The van der Waals surface area contributed by atoms with Crippen LogP contribution in [0, 0.1) is 11.8 Å². The van der Waals surface area contributed by atoms with Crippen LogP contribution in [-0.2, 0) is 20.9 Å². The predicted octanol–water partition coefficient (Wildman–Crippen LogP) is 1.25. The molecule has 7 nitrogen and oxygen atoms in total. The third-order valence-corrected chi connectivity index (χ3v) is 5.33. The molecule has 2 aliphatic heterocycles. The Labute approximate surface area is 151 Å². The van der Waals surface area contributed by atoms with Crippen LogP contribution in [0.1, 0.15) is 31.2 Å². The molecule has 0 radical (unpaired) electrons. The van der Waals surface area contributed by atoms with E-state index in [4.69, 9.17) is 9.47 Å². The van der Waals surface area contributed by atoms with Gasteiger partial charge in [0.05, 0.1) is 11.8 Å². The summed E-state index contributed by atoms with van der Waals surface area (Å²) in [7, 11) is 0. The molecule has 1 aliphatic carbocycles. The zero-order valence-corrected chi connectivity index (χ0v) is 14.5. The highest BCUT2D eigenvalue weighted by molar-refractivity contribution is 6.07. The number of benzene rings is 1. The van der Waals surface area contributed by atoms with E-state index in [9.17, 15) is 14.4 Å². The zero-order valence-electron chi connectivity index (χ0n) is 14.5. The van der Waals surface area contributed by atoms with Crippen LogP contribution in [0.4, 0.5) is 0 Å². The first-order chi connectivity index (χ1) is 12.6. The van der Waals surface area contributed by atoms with E-state index in [0.29, 0.717) is 31.3 Å². The van der Waals surface area contributed by atoms with E-state index in [-0.39, 0.29) is 36.1 Å². The molecule has 1 saturated carbocycles. The fourth-order valence-corrected chi connectivity index (χ4v) is 3.98. The van der Waals surface area contributed by atoms with Gasteiger partial charge in [0.25, 0.3) is 0 Å². The number of likely N-dealkylation sites (tertiary alicyclic amines) is 1. The van der Waals surface area contributed by atoms with Crippen LogP contribution in [0.3, 0.4) is 0 Å². The van der Waals surface area contributed by atoms with Gasteiger partial charge in [-0.15, -0.1) is 0 Å². The maximum atomic E-state index is 12.4. The van der Waals surface area contributed by atoms with Gasteiger partial charge in [-0.25, -0.2) is 0 Å². The summed E-state index contributed by atoms with van der Waals surface area (Å²) in [6, 6.07) is 5.50.